The predicted molar refractivity (Wildman–Crippen MR) is 137 cm³/mol. The number of halogens is 1. The van der Waals surface area contributed by atoms with Crippen molar-refractivity contribution in [1.29, 1.82) is 0 Å². The molecular weight excluding hydrogens is 488 g/mol. The van der Waals surface area contributed by atoms with Crippen molar-refractivity contribution in [2.45, 2.75) is 6.61 Å². The molecular formula is C26H21ClN2O5S. The third kappa shape index (κ3) is 5.85. The van der Waals surface area contributed by atoms with E-state index in [0.717, 1.165) is 11.1 Å². The van der Waals surface area contributed by atoms with Crippen LogP contribution in [0.15, 0.2) is 76.6 Å². The van der Waals surface area contributed by atoms with E-state index in [9.17, 15) is 9.59 Å². The van der Waals surface area contributed by atoms with Crippen molar-refractivity contribution in [2.24, 2.45) is 4.99 Å². The van der Waals surface area contributed by atoms with Crippen molar-refractivity contribution in [3.8, 4) is 11.5 Å². The van der Waals surface area contributed by atoms with Crippen LogP contribution >= 0.6 is 23.4 Å². The summed E-state index contributed by atoms with van der Waals surface area (Å²) in [6.07, 6.45) is 1.73. The molecule has 7 nitrogen and oxygen atoms in total. The number of benzene rings is 3. The van der Waals surface area contributed by atoms with Crippen LogP contribution in [-0.2, 0) is 16.1 Å². The average molecular weight is 509 g/mol. The Bertz CT molecular complexity index is 1340. The second kappa shape index (κ2) is 11.1. The Morgan fingerprint density at radius 2 is 1.83 bits per heavy atom. The van der Waals surface area contributed by atoms with Gasteiger partial charge in [-0.1, -0.05) is 48.0 Å². The highest BCUT2D eigenvalue weighted by Crippen LogP contribution is 2.33. The molecule has 0 radical (unpaired) electrons. The normalized spacial score (nSPS) is 15.2. The summed E-state index contributed by atoms with van der Waals surface area (Å²) in [6, 6.07) is 19.6. The number of aliphatic imine (C=N–C) groups is 1. The molecule has 0 aromatic heterocycles. The Kier molecular flexibility index (Phi) is 7.74. The first-order valence-corrected chi connectivity index (χ1v) is 11.7. The van der Waals surface area contributed by atoms with Crippen molar-refractivity contribution < 1.29 is 23.8 Å². The number of rotatable bonds is 7. The number of carbonyl (C=O) groups is 2. The Morgan fingerprint density at radius 3 is 2.60 bits per heavy atom. The monoisotopic (exact) mass is 508 g/mol. The second-order valence-electron chi connectivity index (χ2n) is 7.28. The number of esters is 1. The summed E-state index contributed by atoms with van der Waals surface area (Å²) >= 11 is 7.38. The molecule has 9 heteroatoms. The van der Waals surface area contributed by atoms with Gasteiger partial charge in [0.2, 0.25) is 0 Å². The lowest BCUT2D eigenvalue weighted by atomic mass is 10.2. The number of methoxy groups -OCH3 is 2. The van der Waals surface area contributed by atoms with Gasteiger partial charge in [0.1, 0.15) is 6.61 Å². The van der Waals surface area contributed by atoms with E-state index >= 15 is 0 Å². The van der Waals surface area contributed by atoms with E-state index in [2.05, 4.69) is 10.3 Å². The van der Waals surface area contributed by atoms with Crippen LogP contribution < -0.4 is 14.8 Å². The molecule has 178 valence electrons. The van der Waals surface area contributed by atoms with Gasteiger partial charge in [0.15, 0.2) is 16.7 Å². The van der Waals surface area contributed by atoms with Crippen molar-refractivity contribution in [3.63, 3.8) is 0 Å². The third-order valence-corrected chi connectivity index (χ3v) is 6.29. The molecule has 0 spiro atoms. The summed E-state index contributed by atoms with van der Waals surface area (Å²) in [6.45, 7) is 0.293. The zero-order valence-corrected chi connectivity index (χ0v) is 20.5. The number of thioether (sulfide) groups is 1. The van der Waals surface area contributed by atoms with Gasteiger partial charge < -0.3 is 19.5 Å². The second-order valence-corrected chi connectivity index (χ2v) is 8.72. The van der Waals surface area contributed by atoms with E-state index < -0.39 is 5.97 Å². The SMILES string of the molecule is COC(=O)c1ccccc1N=C1NC(=O)/C(=C/c2ccc(OCc3ccccc3Cl)c(OC)c2)S1. The zero-order chi connectivity index (χ0) is 24.8. The van der Waals surface area contributed by atoms with Crippen molar-refractivity contribution in [2.75, 3.05) is 14.2 Å². The molecule has 1 aliphatic rings. The van der Waals surface area contributed by atoms with Crippen molar-refractivity contribution in [1.82, 2.24) is 5.32 Å². The fourth-order valence-corrected chi connectivity index (χ4v) is 4.28. The fraction of sp³-hybridized carbons (Fsp3) is 0.115. The lowest BCUT2D eigenvalue weighted by molar-refractivity contribution is -0.115. The first-order valence-electron chi connectivity index (χ1n) is 10.5. The molecule has 3 aromatic carbocycles. The quantitative estimate of drug-likeness (QED) is 0.330. The Balaban J connectivity index is 1.52. The Hall–Kier alpha value is -3.75. The molecule has 0 atom stereocenters. The summed E-state index contributed by atoms with van der Waals surface area (Å²) in [5, 5.41) is 3.72. The molecule has 3 aromatic rings. The number of amides is 1. The molecule has 1 saturated heterocycles. The van der Waals surface area contributed by atoms with E-state index in [0.29, 0.717) is 44.5 Å². The van der Waals surface area contributed by atoms with Crippen LogP contribution in [0.25, 0.3) is 6.08 Å². The Morgan fingerprint density at radius 1 is 1.06 bits per heavy atom. The first kappa shape index (κ1) is 24.4. The Labute approximate surface area is 211 Å². The van der Waals surface area contributed by atoms with E-state index in [1.54, 1.807) is 49.6 Å². The molecule has 1 fully saturated rings. The molecule has 0 saturated carbocycles. The van der Waals surface area contributed by atoms with E-state index in [-0.39, 0.29) is 5.91 Å². The molecule has 0 bridgehead atoms. The maximum atomic E-state index is 12.5. The molecule has 0 aliphatic carbocycles. The van der Waals surface area contributed by atoms with Crippen molar-refractivity contribution >= 4 is 52.2 Å². The molecule has 4 rings (SSSR count). The highest BCUT2D eigenvalue weighted by molar-refractivity contribution is 8.18. The van der Waals surface area contributed by atoms with Gasteiger partial charge in [-0.05, 0) is 53.7 Å². The van der Waals surface area contributed by atoms with Gasteiger partial charge in [-0.25, -0.2) is 9.79 Å². The van der Waals surface area contributed by atoms with Crippen LogP contribution in [0.2, 0.25) is 5.02 Å². The fourth-order valence-electron chi connectivity index (χ4n) is 3.26. The zero-order valence-electron chi connectivity index (χ0n) is 18.9. The number of nitrogens with one attached hydrogen (secondary N) is 1. The van der Waals surface area contributed by atoms with E-state index in [4.69, 9.17) is 25.8 Å². The minimum Gasteiger partial charge on any atom is -0.493 e. The van der Waals surface area contributed by atoms with Gasteiger partial charge in [-0.3, -0.25) is 4.79 Å². The minimum atomic E-state index is -0.501. The molecule has 1 aliphatic heterocycles. The van der Waals surface area contributed by atoms with E-state index in [1.807, 2.05) is 30.3 Å². The largest absolute Gasteiger partial charge is 0.493 e. The van der Waals surface area contributed by atoms with Crippen LogP contribution in [0.4, 0.5) is 5.69 Å². The number of hydrogen-bond donors (Lipinski definition) is 1. The highest BCUT2D eigenvalue weighted by Gasteiger charge is 2.25. The van der Waals surface area contributed by atoms with Crippen LogP contribution in [0.5, 0.6) is 11.5 Å². The van der Waals surface area contributed by atoms with Gasteiger partial charge in [-0.15, -0.1) is 0 Å². The number of para-hydroxylation sites is 1. The van der Waals surface area contributed by atoms with Crippen LogP contribution in [-0.4, -0.2) is 31.3 Å². The summed E-state index contributed by atoms with van der Waals surface area (Å²) < 4.78 is 16.2. The minimum absolute atomic E-state index is 0.290. The number of nitrogens with zero attached hydrogens (tertiary/aromatic N) is 1. The number of hydrogen-bond acceptors (Lipinski definition) is 7. The standard InChI is InChI=1S/C26H21ClN2O5S/c1-32-22-13-16(11-12-21(22)34-15-17-7-3-5-9-19(17)27)14-23-24(30)29-26(35-23)28-20-10-6-4-8-18(20)25(31)33-2/h3-14H,15H2,1-2H3,(H,28,29,30)/b23-14-. The van der Waals surface area contributed by atoms with Crippen LogP contribution in [0, 0.1) is 0 Å². The first-order chi connectivity index (χ1) is 17.0. The predicted octanol–water partition coefficient (Wildman–Crippen LogP) is 5.61. The highest BCUT2D eigenvalue weighted by atomic mass is 35.5. The topological polar surface area (TPSA) is 86.2 Å². The smallest absolute Gasteiger partial charge is 0.340 e. The molecule has 1 amide bonds. The van der Waals surface area contributed by atoms with Crippen LogP contribution in [0.1, 0.15) is 21.5 Å². The lowest BCUT2D eigenvalue weighted by Crippen LogP contribution is -2.19. The summed E-state index contributed by atoms with van der Waals surface area (Å²) in [7, 11) is 2.86. The summed E-state index contributed by atoms with van der Waals surface area (Å²) in [4.78, 5) is 29.4. The number of ether oxygens (including phenoxy) is 3. The summed E-state index contributed by atoms with van der Waals surface area (Å²) in [5.41, 5.74) is 2.33. The molecule has 1 N–H and O–H groups in total. The van der Waals surface area contributed by atoms with Gasteiger partial charge in [-0.2, -0.15) is 0 Å². The molecule has 1 heterocycles. The van der Waals surface area contributed by atoms with Crippen LogP contribution in [0.3, 0.4) is 0 Å². The maximum absolute atomic E-state index is 12.5. The molecule has 0 unspecified atom stereocenters. The number of amidine groups is 1. The van der Waals surface area contributed by atoms with Gasteiger partial charge in [0.25, 0.3) is 5.91 Å². The lowest BCUT2D eigenvalue weighted by Gasteiger charge is -2.12. The third-order valence-electron chi connectivity index (χ3n) is 5.01. The van der Waals surface area contributed by atoms with Gasteiger partial charge in [0.05, 0.1) is 30.4 Å². The van der Waals surface area contributed by atoms with Gasteiger partial charge >= 0.3 is 5.97 Å². The number of carbonyl (C=O) groups excluding carboxylic acids is 2. The average Bonchev–Trinajstić information content (AvgIpc) is 3.21. The van der Waals surface area contributed by atoms with E-state index in [1.165, 1.54) is 18.9 Å². The van der Waals surface area contributed by atoms with Gasteiger partial charge in [0, 0.05) is 10.6 Å². The molecule has 35 heavy (non-hydrogen) atoms. The summed E-state index contributed by atoms with van der Waals surface area (Å²) in [5.74, 6) is 0.289. The maximum Gasteiger partial charge on any atom is 0.340 e. The van der Waals surface area contributed by atoms with Crippen molar-refractivity contribution in [3.05, 3.63) is 93.3 Å².